The fourth-order valence-electron chi connectivity index (χ4n) is 4.36. The first-order chi connectivity index (χ1) is 12.6. The van der Waals surface area contributed by atoms with Gasteiger partial charge < -0.3 is 14.8 Å². The Morgan fingerprint density at radius 3 is 2.41 bits per heavy atom. The molecule has 1 aliphatic carbocycles. The number of anilines is 1. The summed E-state index contributed by atoms with van der Waals surface area (Å²) in [5.74, 6) is 1.40. The number of ether oxygens (including phenoxy) is 2. The van der Waals surface area contributed by atoms with Crippen LogP contribution in [0.5, 0.6) is 5.75 Å². The normalized spacial score (nSPS) is 22.9. The fraction of sp³-hybridized carbons (Fsp3) is 0.714. The Bertz CT molecular complexity index is 695. The number of hydrogen-bond acceptors (Lipinski definition) is 5. The number of hydrogen-bond donors (Lipinski definition) is 1. The van der Waals surface area contributed by atoms with E-state index < -0.39 is 5.41 Å². The highest BCUT2D eigenvalue weighted by Crippen LogP contribution is 2.77. The predicted molar refractivity (Wildman–Crippen MR) is 106 cm³/mol. The highest BCUT2D eigenvalue weighted by molar-refractivity contribution is 5.98. The molecule has 0 bridgehead atoms. The SMILES string of the molecule is CCOc1cnc(NC(=O)C2(C)C(C)(C)C2(C)C)cc1CN1CCOCC1. The van der Waals surface area contributed by atoms with Crippen LogP contribution in [0.2, 0.25) is 0 Å². The van der Waals surface area contributed by atoms with Crippen LogP contribution in [0.15, 0.2) is 12.3 Å². The third kappa shape index (κ3) is 3.23. The second-order valence-electron chi connectivity index (χ2n) is 8.83. The molecule has 0 atom stereocenters. The van der Waals surface area contributed by atoms with Gasteiger partial charge in [0.15, 0.2) is 0 Å². The van der Waals surface area contributed by atoms with Gasteiger partial charge in [0.1, 0.15) is 11.6 Å². The third-order valence-corrected chi connectivity index (χ3v) is 7.44. The van der Waals surface area contributed by atoms with Crippen molar-refractivity contribution in [2.45, 2.75) is 48.1 Å². The van der Waals surface area contributed by atoms with E-state index in [1.165, 1.54) is 0 Å². The summed E-state index contributed by atoms with van der Waals surface area (Å²) in [6.45, 7) is 17.3. The predicted octanol–water partition coefficient (Wildman–Crippen LogP) is 3.32. The maximum atomic E-state index is 13.0. The number of morpholine rings is 1. The lowest BCUT2D eigenvalue weighted by Gasteiger charge is -2.27. The first-order valence-corrected chi connectivity index (χ1v) is 9.88. The summed E-state index contributed by atoms with van der Waals surface area (Å²) in [7, 11) is 0. The minimum Gasteiger partial charge on any atom is -0.492 e. The first kappa shape index (κ1) is 20.1. The smallest absolute Gasteiger partial charge is 0.232 e. The molecule has 0 spiro atoms. The third-order valence-electron chi connectivity index (χ3n) is 7.44. The number of nitrogens with one attached hydrogen (secondary N) is 1. The first-order valence-electron chi connectivity index (χ1n) is 9.88. The van der Waals surface area contributed by atoms with Gasteiger partial charge in [-0.25, -0.2) is 4.98 Å². The summed E-state index contributed by atoms with van der Waals surface area (Å²) in [6, 6.07) is 1.95. The van der Waals surface area contributed by atoms with Crippen LogP contribution in [-0.4, -0.2) is 48.7 Å². The molecule has 27 heavy (non-hydrogen) atoms. The molecule has 1 aromatic heterocycles. The number of nitrogens with zero attached hydrogens (tertiary/aromatic N) is 2. The number of rotatable bonds is 6. The van der Waals surface area contributed by atoms with Crippen molar-refractivity contribution in [1.29, 1.82) is 0 Å². The molecule has 1 amide bonds. The van der Waals surface area contributed by atoms with Crippen LogP contribution in [0.1, 0.15) is 47.1 Å². The maximum Gasteiger partial charge on any atom is 0.232 e. The number of carbonyl (C=O) groups is 1. The van der Waals surface area contributed by atoms with Gasteiger partial charge in [-0.05, 0) is 30.7 Å². The van der Waals surface area contributed by atoms with Crippen molar-refractivity contribution >= 4 is 11.7 Å². The molecular weight excluding hydrogens is 342 g/mol. The van der Waals surface area contributed by atoms with Crippen LogP contribution >= 0.6 is 0 Å². The van der Waals surface area contributed by atoms with Crippen molar-refractivity contribution in [1.82, 2.24) is 9.88 Å². The minimum atomic E-state index is -0.412. The summed E-state index contributed by atoms with van der Waals surface area (Å²) in [6.07, 6.45) is 1.72. The molecule has 1 saturated heterocycles. The second kappa shape index (κ2) is 7.06. The maximum absolute atomic E-state index is 13.0. The van der Waals surface area contributed by atoms with Crippen LogP contribution in [0.25, 0.3) is 0 Å². The molecule has 150 valence electrons. The second-order valence-corrected chi connectivity index (χ2v) is 8.83. The van der Waals surface area contributed by atoms with Crippen molar-refractivity contribution in [3.63, 3.8) is 0 Å². The molecule has 0 aromatic carbocycles. The quantitative estimate of drug-likeness (QED) is 0.826. The Balaban J connectivity index is 1.78. The summed E-state index contributed by atoms with van der Waals surface area (Å²) >= 11 is 0. The van der Waals surface area contributed by atoms with E-state index in [1.807, 2.05) is 19.9 Å². The van der Waals surface area contributed by atoms with Gasteiger partial charge in [-0.1, -0.05) is 27.7 Å². The van der Waals surface area contributed by atoms with Gasteiger partial charge in [-0.2, -0.15) is 0 Å². The zero-order valence-electron chi connectivity index (χ0n) is 17.5. The van der Waals surface area contributed by atoms with Gasteiger partial charge in [0.25, 0.3) is 0 Å². The molecule has 6 heteroatoms. The summed E-state index contributed by atoms with van der Waals surface area (Å²) < 4.78 is 11.2. The lowest BCUT2D eigenvalue weighted by Crippen LogP contribution is -2.35. The molecule has 0 radical (unpaired) electrons. The Morgan fingerprint density at radius 2 is 1.85 bits per heavy atom. The largest absolute Gasteiger partial charge is 0.492 e. The molecule has 3 rings (SSSR count). The van der Waals surface area contributed by atoms with E-state index in [4.69, 9.17) is 9.47 Å². The van der Waals surface area contributed by atoms with Crippen molar-refractivity contribution in [2.75, 3.05) is 38.2 Å². The highest BCUT2D eigenvalue weighted by Gasteiger charge is 2.78. The number of carbonyl (C=O) groups excluding carboxylic acids is 1. The van der Waals surface area contributed by atoms with Gasteiger partial charge in [0, 0.05) is 25.2 Å². The van der Waals surface area contributed by atoms with E-state index in [0.29, 0.717) is 12.4 Å². The number of aromatic nitrogens is 1. The van der Waals surface area contributed by atoms with Crippen LogP contribution in [0.3, 0.4) is 0 Å². The Morgan fingerprint density at radius 1 is 1.22 bits per heavy atom. The van der Waals surface area contributed by atoms with Crippen LogP contribution < -0.4 is 10.1 Å². The van der Waals surface area contributed by atoms with E-state index in [-0.39, 0.29) is 16.7 Å². The average molecular weight is 376 g/mol. The molecule has 2 heterocycles. The molecule has 1 N–H and O–H groups in total. The Labute approximate surface area is 162 Å². The molecule has 1 aromatic rings. The molecular formula is C21H33N3O3. The minimum absolute atomic E-state index is 0.0338. The van der Waals surface area contributed by atoms with Gasteiger partial charge in [-0.15, -0.1) is 0 Å². The highest BCUT2D eigenvalue weighted by atomic mass is 16.5. The van der Waals surface area contributed by atoms with E-state index in [0.717, 1.165) is 44.2 Å². The van der Waals surface area contributed by atoms with Crippen molar-refractivity contribution in [2.24, 2.45) is 16.2 Å². The molecule has 2 fully saturated rings. The monoisotopic (exact) mass is 375 g/mol. The van der Waals surface area contributed by atoms with E-state index in [1.54, 1.807) is 6.20 Å². The van der Waals surface area contributed by atoms with Crippen molar-refractivity contribution in [3.05, 3.63) is 17.8 Å². The molecule has 6 nitrogen and oxygen atoms in total. The van der Waals surface area contributed by atoms with Gasteiger partial charge in [0.05, 0.1) is 31.4 Å². The zero-order chi connectivity index (χ0) is 19.9. The summed E-state index contributed by atoms with van der Waals surface area (Å²) in [5, 5.41) is 3.05. The molecule has 0 unspecified atom stereocenters. The topological polar surface area (TPSA) is 63.7 Å². The van der Waals surface area contributed by atoms with Crippen LogP contribution in [0, 0.1) is 16.2 Å². The van der Waals surface area contributed by atoms with E-state index in [9.17, 15) is 4.79 Å². The van der Waals surface area contributed by atoms with Crippen molar-refractivity contribution in [3.8, 4) is 5.75 Å². The Kier molecular flexibility index (Phi) is 5.25. The average Bonchev–Trinajstić information content (AvgIpc) is 2.95. The lowest BCUT2D eigenvalue weighted by atomic mass is 9.96. The summed E-state index contributed by atoms with van der Waals surface area (Å²) in [4.78, 5) is 19.8. The molecule has 1 saturated carbocycles. The van der Waals surface area contributed by atoms with E-state index >= 15 is 0 Å². The van der Waals surface area contributed by atoms with Crippen LogP contribution in [-0.2, 0) is 16.1 Å². The summed E-state index contributed by atoms with van der Waals surface area (Å²) in [5.41, 5.74) is 0.534. The van der Waals surface area contributed by atoms with Gasteiger partial charge in [-0.3, -0.25) is 9.69 Å². The van der Waals surface area contributed by atoms with Crippen molar-refractivity contribution < 1.29 is 14.3 Å². The standard InChI is InChI=1S/C21H33N3O3/c1-7-27-16-13-22-17(12-15(16)14-24-8-10-26-11-9-24)23-18(25)21(6)19(2,3)20(21,4)5/h12-13H,7-11,14H2,1-6H3,(H,22,23,25). The van der Waals surface area contributed by atoms with E-state index in [2.05, 4.69) is 42.9 Å². The van der Waals surface area contributed by atoms with Crippen LogP contribution in [0.4, 0.5) is 5.82 Å². The Hall–Kier alpha value is -1.66. The fourth-order valence-corrected chi connectivity index (χ4v) is 4.36. The number of amides is 1. The van der Waals surface area contributed by atoms with Gasteiger partial charge in [0.2, 0.25) is 5.91 Å². The zero-order valence-corrected chi connectivity index (χ0v) is 17.5. The van der Waals surface area contributed by atoms with Gasteiger partial charge >= 0.3 is 0 Å². The molecule has 2 aliphatic rings. The lowest BCUT2D eigenvalue weighted by molar-refractivity contribution is -0.122. The molecule has 1 aliphatic heterocycles. The number of pyridine rings is 1.